The summed E-state index contributed by atoms with van der Waals surface area (Å²) in [4.78, 5) is 9.09. The lowest BCUT2D eigenvalue weighted by Gasteiger charge is -2.11. The van der Waals surface area contributed by atoms with E-state index in [1.54, 1.807) is 30.5 Å². The molecule has 0 saturated heterocycles. The molecule has 1 N–H and O–H groups in total. The number of benzene rings is 2. The SMILES string of the molecule is CC1=CS(=O)(=O)c2cc3c(Nc4ccc5scnc5c4)ccnc3cc21. The second-order valence-electron chi connectivity index (χ2n) is 6.23. The highest BCUT2D eigenvalue weighted by molar-refractivity contribution is 7.95. The monoisotopic (exact) mass is 379 g/mol. The summed E-state index contributed by atoms with van der Waals surface area (Å²) in [5.41, 5.74) is 6.69. The number of hydrogen-bond donors (Lipinski definition) is 1. The number of aromatic nitrogens is 2. The molecule has 0 bridgehead atoms. The van der Waals surface area contributed by atoms with E-state index >= 15 is 0 Å². The van der Waals surface area contributed by atoms with Crippen LogP contribution in [0.5, 0.6) is 0 Å². The quantitative estimate of drug-likeness (QED) is 0.545. The van der Waals surface area contributed by atoms with Gasteiger partial charge >= 0.3 is 0 Å². The lowest BCUT2D eigenvalue weighted by Crippen LogP contribution is -1.97. The van der Waals surface area contributed by atoms with E-state index in [2.05, 4.69) is 15.3 Å². The van der Waals surface area contributed by atoms with E-state index in [1.807, 2.05) is 35.8 Å². The van der Waals surface area contributed by atoms with Gasteiger partial charge in [-0.2, -0.15) is 0 Å². The van der Waals surface area contributed by atoms with E-state index in [-0.39, 0.29) is 0 Å². The van der Waals surface area contributed by atoms with Crippen LogP contribution in [0.25, 0.3) is 26.7 Å². The van der Waals surface area contributed by atoms with Gasteiger partial charge in [0.25, 0.3) is 0 Å². The Morgan fingerprint density at radius 3 is 2.81 bits per heavy atom. The Labute approximate surface area is 154 Å². The number of thiazole rings is 1. The first-order chi connectivity index (χ1) is 12.5. The Balaban J connectivity index is 1.67. The Hall–Kier alpha value is -2.77. The molecule has 7 heteroatoms. The van der Waals surface area contributed by atoms with Crippen LogP contribution in [0.3, 0.4) is 0 Å². The minimum Gasteiger partial charge on any atom is -0.355 e. The maximum atomic E-state index is 12.4. The fourth-order valence-corrected chi connectivity index (χ4v) is 5.46. The molecule has 0 aliphatic carbocycles. The van der Waals surface area contributed by atoms with E-state index in [4.69, 9.17) is 0 Å². The van der Waals surface area contributed by atoms with Crippen LogP contribution in [0.2, 0.25) is 0 Å². The normalized spacial score (nSPS) is 15.2. The highest BCUT2D eigenvalue weighted by atomic mass is 32.2. The van der Waals surface area contributed by atoms with Crippen molar-refractivity contribution in [1.82, 2.24) is 9.97 Å². The number of pyridine rings is 1. The van der Waals surface area contributed by atoms with Gasteiger partial charge in [0.05, 0.1) is 26.1 Å². The summed E-state index contributed by atoms with van der Waals surface area (Å²) in [6, 6.07) is 11.4. The first kappa shape index (κ1) is 15.5. The average molecular weight is 379 g/mol. The number of anilines is 2. The predicted octanol–water partition coefficient (Wildman–Crippen LogP) is 4.74. The third-order valence-corrected chi connectivity index (χ3v) is 6.94. The van der Waals surface area contributed by atoms with Gasteiger partial charge < -0.3 is 5.32 Å². The van der Waals surface area contributed by atoms with Crippen molar-refractivity contribution in [2.24, 2.45) is 0 Å². The van der Waals surface area contributed by atoms with Crippen LogP contribution in [0.15, 0.2) is 58.4 Å². The highest BCUT2D eigenvalue weighted by Crippen LogP contribution is 2.38. The molecule has 1 aliphatic rings. The molecule has 5 rings (SSSR count). The standard InChI is InChI=1S/C19H13N3O2S2/c1-11-9-26(23,24)19-8-14-15(4-5-20-16(14)7-13(11)19)22-12-2-3-18-17(6-12)21-10-25-18/h2-10H,1H3,(H,20,22). The maximum Gasteiger partial charge on any atom is 0.200 e. The molecule has 3 heterocycles. The van der Waals surface area contributed by atoms with E-state index in [9.17, 15) is 8.42 Å². The molecule has 0 unspecified atom stereocenters. The van der Waals surface area contributed by atoms with Gasteiger partial charge in [0.2, 0.25) is 9.84 Å². The zero-order valence-electron chi connectivity index (χ0n) is 13.7. The Morgan fingerprint density at radius 2 is 1.92 bits per heavy atom. The Kier molecular flexibility index (Phi) is 3.19. The zero-order valence-corrected chi connectivity index (χ0v) is 15.4. The molecule has 1 aliphatic heterocycles. The van der Waals surface area contributed by atoms with E-state index in [0.29, 0.717) is 4.90 Å². The molecule has 26 heavy (non-hydrogen) atoms. The minimum atomic E-state index is -3.38. The smallest absolute Gasteiger partial charge is 0.200 e. The van der Waals surface area contributed by atoms with Crippen LogP contribution in [0.4, 0.5) is 11.4 Å². The van der Waals surface area contributed by atoms with Gasteiger partial charge in [-0.3, -0.25) is 4.98 Å². The third-order valence-electron chi connectivity index (χ3n) is 4.52. The van der Waals surface area contributed by atoms with Crippen LogP contribution in [-0.4, -0.2) is 18.4 Å². The first-order valence-corrected chi connectivity index (χ1v) is 10.4. The van der Waals surface area contributed by atoms with Crippen molar-refractivity contribution in [2.75, 3.05) is 5.32 Å². The topological polar surface area (TPSA) is 72.0 Å². The molecule has 2 aromatic carbocycles. The Morgan fingerprint density at radius 1 is 1.04 bits per heavy atom. The van der Waals surface area contributed by atoms with Crippen molar-refractivity contribution < 1.29 is 8.42 Å². The summed E-state index contributed by atoms with van der Waals surface area (Å²) in [6.45, 7) is 1.81. The number of hydrogen-bond acceptors (Lipinski definition) is 6. The average Bonchev–Trinajstić information content (AvgIpc) is 3.16. The number of allylic oxidation sites excluding steroid dienone is 1. The van der Waals surface area contributed by atoms with Crippen molar-refractivity contribution in [3.05, 3.63) is 59.1 Å². The fraction of sp³-hybridized carbons (Fsp3) is 0.0526. The maximum absolute atomic E-state index is 12.4. The largest absolute Gasteiger partial charge is 0.355 e. The Bertz CT molecular complexity index is 1340. The van der Waals surface area contributed by atoms with Crippen molar-refractivity contribution in [3.63, 3.8) is 0 Å². The molecule has 0 atom stereocenters. The van der Waals surface area contributed by atoms with Gasteiger partial charge in [0.1, 0.15) is 0 Å². The van der Waals surface area contributed by atoms with Crippen molar-refractivity contribution in [2.45, 2.75) is 11.8 Å². The summed E-state index contributed by atoms with van der Waals surface area (Å²) in [6.07, 6.45) is 1.72. The predicted molar refractivity (Wildman–Crippen MR) is 105 cm³/mol. The molecule has 5 nitrogen and oxygen atoms in total. The lowest BCUT2D eigenvalue weighted by atomic mass is 10.1. The van der Waals surface area contributed by atoms with Crippen LogP contribution in [0.1, 0.15) is 12.5 Å². The number of rotatable bonds is 2. The molecule has 4 aromatic rings. The third kappa shape index (κ3) is 2.32. The van der Waals surface area contributed by atoms with Crippen molar-refractivity contribution in [3.8, 4) is 0 Å². The molecule has 0 saturated carbocycles. The van der Waals surface area contributed by atoms with Crippen LogP contribution < -0.4 is 5.32 Å². The van der Waals surface area contributed by atoms with Crippen LogP contribution in [0, 0.1) is 0 Å². The number of nitrogens with one attached hydrogen (secondary N) is 1. The summed E-state index contributed by atoms with van der Waals surface area (Å²) in [5, 5.41) is 5.47. The zero-order chi connectivity index (χ0) is 17.9. The van der Waals surface area contributed by atoms with Crippen LogP contribution in [-0.2, 0) is 9.84 Å². The lowest BCUT2D eigenvalue weighted by molar-refractivity contribution is 0.605. The summed E-state index contributed by atoms with van der Waals surface area (Å²) in [5.74, 6) is 0. The molecule has 0 radical (unpaired) electrons. The van der Waals surface area contributed by atoms with E-state index in [1.165, 1.54) is 5.41 Å². The van der Waals surface area contributed by atoms with Gasteiger partial charge in [-0.25, -0.2) is 13.4 Å². The number of fused-ring (bicyclic) bond motifs is 3. The summed E-state index contributed by atoms with van der Waals surface area (Å²) in [7, 11) is -3.38. The summed E-state index contributed by atoms with van der Waals surface area (Å²) >= 11 is 1.60. The summed E-state index contributed by atoms with van der Waals surface area (Å²) < 4.78 is 25.9. The second kappa shape index (κ2) is 5.36. The second-order valence-corrected chi connectivity index (χ2v) is 8.88. The number of sulfone groups is 1. The molecular weight excluding hydrogens is 366 g/mol. The van der Waals surface area contributed by atoms with Crippen molar-refractivity contribution in [1.29, 1.82) is 0 Å². The molecule has 2 aromatic heterocycles. The van der Waals surface area contributed by atoms with Crippen molar-refractivity contribution >= 4 is 59.2 Å². The first-order valence-electron chi connectivity index (χ1n) is 7.98. The fourth-order valence-electron chi connectivity index (χ4n) is 3.28. The van der Waals surface area contributed by atoms with Gasteiger partial charge in [0.15, 0.2) is 0 Å². The minimum absolute atomic E-state index is 0.341. The van der Waals surface area contributed by atoms with E-state index in [0.717, 1.165) is 43.6 Å². The van der Waals surface area contributed by atoms with Gasteiger partial charge in [-0.1, -0.05) is 0 Å². The van der Waals surface area contributed by atoms with Crippen LogP contribution >= 0.6 is 11.3 Å². The highest BCUT2D eigenvalue weighted by Gasteiger charge is 2.26. The molecule has 128 valence electrons. The molecule has 0 amide bonds. The molecular formula is C19H13N3O2S2. The molecule has 0 fully saturated rings. The number of nitrogens with zero attached hydrogens (tertiary/aromatic N) is 2. The van der Waals surface area contributed by atoms with Gasteiger partial charge in [-0.05, 0) is 54.5 Å². The van der Waals surface area contributed by atoms with Gasteiger partial charge in [-0.15, -0.1) is 11.3 Å². The van der Waals surface area contributed by atoms with Gasteiger partial charge in [0, 0.05) is 28.4 Å². The molecule has 0 spiro atoms. The van der Waals surface area contributed by atoms with E-state index < -0.39 is 9.84 Å².